The zero-order chi connectivity index (χ0) is 29.9. The predicted octanol–water partition coefficient (Wildman–Crippen LogP) is 9.72. The van der Waals surface area contributed by atoms with E-state index < -0.39 is 0 Å². The van der Waals surface area contributed by atoms with Crippen LogP contribution in [0.2, 0.25) is 0 Å². The van der Waals surface area contributed by atoms with Gasteiger partial charge in [0.1, 0.15) is 0 Å². The number of benzene rings is 6. The molecule has 0 fully saturated rings. The van der Waals surface area contributed by atoms with E-state index in [0.29, 0.717) is 0 Å². The van der Waals surface area contributed by atoms with Crippen LogP contribution in [-0.4, -0.2) is 9.13 Å². The number of aryl methyl sites for hydroxylation is 1. The van der Waals surface area contributed by atoms with Crippen molar-refractivity contribution in [1.82, 2.24) is 9.13 Å². The van der Waals surface area contributed by atoms with Gasteiger partial charge in [-0.15, -0.1) is 0 Å². The summed E-state index contributed by atoms with van der Waals surface area (Å²) in [6.07, 6.45) is 7.00. The summed E-state index contributed by atoms with van der Waals surface area (Å²) in [5.74, 6) is 0. The molecular weight excluding hydrogens is 544 g/mol. The Balaban J connectivity index is 1.22. The van der Waals surface area contributed by atoms with Crippen LogP contribution < -0.4 is 10.6 Å². The van der Waals surface area contributed by atoms with E-state index in [9.17, 15) is 0 Å². The summed E-state index contributed by atoms with van der Waals surface area (Å²) >= 11 is 0. The molecule has 0 unspecified atom stereocenters. The molecule has 0 aliphatic heterocycles. The van der Waals surface area contributed by atoms with Gasteiger partial charge < -0.3 is 9.13 Å². The summed E-state index contributed by atoms with van der Waals surface area (Å²) in [6, 6.07) is 51.1. The van der Waals surface area contributed by atoms with E-state index in [2.05, 4.69) is 168 Å². The molecule has 8 aromatic rings. The Bertz CT molecular complexity index is 2540. The smallest absolute Gasteiger partial charge is 0.0541 e. The normalized spacial score (nSPS) is 12.7. The Kier molecular flexibility index (Phi) is 5.89. The quantitative estimate of drug-likeness (QED) is 0.197. The first-order chi connectivity index (χ1) is 22.2. The van der Waals surface area contributed by atoms with Crippen molar-refractivity contribution < 1.29 is 0 Å². The minimum Gasteiger partial charge on any atom is -0.310 e. The molecule has 1 aliphatic rings. The fraction of sp³-hybridized carbons (Fsp3) is 0.0698. The zero-order valence-electron chi connectivity index (χ0n) is 25.2. The van der Waals surface area contributed by atoms with Gasteiger partial charge in [0.25, 0.3) is 0 Å². The molecule has 0 spiro atoms. The molecule has 6 aromatic carbocycles. The summed E-state index contributed by atoms with van der Waals surface area (Å²) in [4.78, 5) is 0. The highest BCUT2D eigenvalue weighted by molar-refractivity contribution is 6.10. The van der Waals surface area contributed by atoms with E-state index >= 15 is 0 Å². The summed E-state index contributed by atoms with van der Waals surface area (Å²) in [5, 5.41) is 6.53. The van der Waals surface area contributed by atoms with Crippen molar-refractivity contribution in [3.8, 4) is 33.6 Å². The van der Waals surface area contributed by atoms with Gasteiger partial charge in [-0.05, 0) is 102 Å². The molecule has 9 rings (SSSR count). The van der Waals surface area contributed by atoms with Crippen molar-refractivity contribution >= 4 is 44.9 Å². The summed E-state index contributed by atoms with van der Waals surface area (Å²) < 4.78 is 4.85. The second-order valence-electron chi connectivity index (χ2n) is 12.2. The predicted molar refractivity (Wildman–Crippen MR) is 191 cm³/mol. The molecule has 0 saturated carbocycles. The van der Waals surface area contributed by atoms with Gasteiger partial charge in [-0.25, -0.2) is 0 Å². The third kappa shape index (κ3) is 4.17. The highest BCUT2D eigenvalue weighted by Gasteiger charge is 2.16. The lowest BCUT2D eigenvalue weighted by atomic mass is 10.0. The second-order valence-corrected chi connectivity index (χ2v) is 12.2. The van der Waals surface area contributed by atoms with Gasteiger partial charge in [0.2, 0.25) is 0 Å². The molecule has 0 N–H and O–H groups in total. The monoisotopic (exact) mass is 576 g/mol. The highest BCUT2D eigenvalue weighted by atomic mass is 15.0. The summed E-state index contributed by atoms with van der Waals surface area (Å²) in [5.41, 5.74) is 12.3. The molecule has 0 radical (unpaired) electrons. The minimum absolute atomic E-state index is 1.08. The number of para-hydroxylation sites is 1. The van der Waals surface area contributed by atoms with Crippen LogP contribution >= 0.6 is 0 Å². The van der Waals surface area contributed by atoms with Gasteiger partial charge in [0.05, 0.1) is 16.6 Å². The summed E-state index contributed by atoms with van der Waals surface area (Å²) in [7, 11) is 0. The fourth-order valence-electron chi connectivity index (χ4n) is 7.31. The minimum atomic E-state index is 1.08. The molecular formula is C43H32N2. The first kappa shape index (κ1) is 25.9. The maximum Gasteiger partial charge on any atom is 0.0541 e. The third-order valence-electron chi connectivity index (χ3n) is 9.37. The highest BCUT2D eigenvalue weighted by Crippen LogP contribution is 2.36. The maximum absolute atomic E-state index is 2.44. The first-order valence-corrected chi connectivity index (χ1v) is 15.8. The molecule has 0 atom stereocenters. The molecule has 0 bridgehead atoms. The Labute approximate surface area is 262 Å². The van der Waals surface area contributed by atoms with Gasteiger partial charge in [-0.1, -0.05) is 97.1 Å². The van der Waals surface area contributed by atoms with Crippen LogP contribution in [0.4, 0.5) is 0 Å². The van der Waals surface area contributed by atoms with Gasteiger partial charge in [-0.3, -0.25) is 0 Å². The molecule has 0 saturated heterocycles. The van der Waals surface area contributed by atoms with Gasteiger partial charge >= 0.3 is 0 Å². The lowest BCUT2D eigenvalue weighted by Gasteiger charge is -2.11. The lowest BCUT2D eigenvalue weighted by molar-refractivity contribution is 1.02. The largest absolute Gasteiger partial charge is 0.310 e. The number of nitrogens with zero attached hydrogens (tertiary/aromatic N) is 2. The van der Waals surface area contributed by atoms with Gasteiger partial charge in [0, 0.05) is 38.1 Å². The Morgan fingerprint density at radius 2 is 1.04 bits per heavy atom. The zero-order valence-corrected chi connectivity index (χ0v) is 25.2. The Morgan fingerprint density at radius 1 is 0.422 bits per heavy atom. The van der Waals surface area contributed by atoms with E-state index in [1.54, 1.807) is 0 Å². The van der Waals surface area contributed by atoms with Gasteiger partial charge in [-0.2, -0.15) is 0 Å². The second kappa shape index (κ2) is 10.2. The van der Waals surface area contributed by atoms with E-state index in [-0.39, 0.29) is 0 Å². The lowest BCUT2D eigenvalue weighted by Crippen LogP contribution is -2.30. The van der Waals surface area contributed by atoms with Crippen LogP contribution in [0.5, 0.6) is 0 Å². The van der Waals surface area contributed by atoms with E-state index in [1.807, 2.05) is 0 Å². The van der Waals surface area contributed by atoms with Crippen molar-refractivity contribution in [3.63, 3.8) is 0 Å². The van der Waals surface area contributed by atoms with E-state index in [4.69, 9.17) is 0 Å². The molecule has 1 aliphatic carbocycles. The van der Waals surface area contributed by atoms with Crippen molar-refractivity contribution in [1.29, 1.82) is 0 Å². The van der Waals surface area contributed by atoms with Crippen molar-refractivity contribution in [3.05, 3.63) is 156 Å². The van der Waals surface area contributed by atoms with E-state index in [1.165, 1.54) is 82.5 Å². The fourth-order valence-corrected chi connectivity index (χ4v) is 7.31. The molecule has 2 heterocycles. The third-order valence-corrected chi connectivity index (χ3v) is 9.37. The van der Waals surface area contributed by atoms with Crippen molar-refractivity contribution in [2.45, 2.75) is 19.8 Å². The average Bonchev–Trinajstić information content (AvgIpc) is 3.61. The van der Waals surface area contributed by atoms with E-state index in [0.717, 1.165) is 12.8 Å². The number of aromatic nitrogens is 2. The Morgan fingerprint density at radius 3 is 1.87 bits per heavy atom. The molecule has 214 valence electrons. The van der Waals surface area contributed by atoms with Crippen LogP contribution in [-0.2, 0) is 0 Å². The number of hydrogen-bond donors (Lipinski definition) is 0. The molecule has 2 nitrogen and oxygen atoms in total. The van der Waals surface area contributed by atoms with Gasteiger partial charge in [0.15, 0.2) is 0 Å². The average molecular weight is 577 g/mol. The molecule has 2 heteroatoms. The maximum atomic E-state index is 2.44. The number of hydrogen-bond acceptors (Lipinski definition) is 0. The van der Waals surface area contributed by atoms with Crippen LogP contribution in [0.1, 0.15) is 18.4 Å². The van der Waals surface area contributed by atoms with Crippen molar-refractivity contribution in [2.75, 3.05) is 0 Å². The summed E-state index contributed by atoms with van der Waals surface area (Å²) in [6.45, 7) is 2.17. The standard InChI is InChI=1S/C43H32N2/c1-29-11-9-15-34(25-29)44-40-19-7-5-17-36(40)38-27-32(21-23-42(38)44)33-22-24-43-39(28-33)37-18-6-8-20-41(37)45(43)35-16-10-14-31(26-35)30-12-3-2-4-13-30/h2-4,6,8-28H,5,7H2,1H3. The first-order valence-electron chi connectivity index (χ1n) is 15.8. The molecule has 45 heavy (non-hydrogen) atoms. The molecule has 2 aromatic heterocycles. The van der Waals surface area contributed by atoms with Crippen LogP contribution in [0.3, 0.4) is 0 Å². The Hall–Kier alpha value is -5.60. The van der Waals surface area contributed by atoms with Crippen molar-refractivity contribution in [2.24, 2.45) is 0 Å². The SMILES string of the molecule is Cc1cccc(-n2c3c(c4cc(-c5ccc6c(c5)c5ccccc5n6-c5cccc(-c6ccccc6)c5)ccc42)=CCCC=3)c1. The van der Waals surface area contributed by atoms with Crippen LogP contribution in [0.25, 0.3) is 78.5 Å². The van der Waals surface area contributed by atoms with Crippen LogP contribution in [0.15, 0.2) is 140 Å². The topological polar surface area (TPSA) is 9.86 Å². The number of rotatable bonds is 4. The molecule has 0 amide bonds. The number of fused-ring (bicyclic) bond motifs is 6. The van der Waals surface area contributed by atoms with Crippen LogP contribution in [0, 0.1) is 6.92 Å².